The van der Waals surface area contributed by atoms with Crippen LogP contribution in [0.2, 0.25) is 0 Å². The van der Waals surface area contributed by atoms with Gasteiger partial charge in [0, 0.05) is 5.25 Å². The van der Waals surface area contributed by atoms with E-state index >= 15 is 0 Å². The van der Waals surface area contributed by atoms with E-state index in [-0.39, 0.29) is 5.25 Å². The second-order valence-corrected chi connectivity index (χ2v) is 9.14. The minimum absolute atomic E-state index is 0.0162. The summed E-state index contributed by atoms with van der Waals surface area (Å²) in [5, 5.41) is 0.0162. The molecule has 1 unspecified atom stereocenters. The highest BCUT2D eigenvalue weighted by atomic mass is 32.7. The largest absolute Gasteiger partial charge is 0.389 e. The zero-order chi connectivity index (χ0) is 16.5. The van der Waals surface area contributed by atoms with E-state index in [9.17, 15) is 4.57 Å². The van der Waals surface area contributed by atoms with Crippen molar-refractivity contribution in [1.82, 2.24) is 0 Å². The van der Waals surface area contributed by atoms with Crippen LogP contribution < -0.4 is 0 Å². The number of hydrogen-bond donors (Lipinski definition) is 0. The van der Waals surface area contributed by atoms with Gasteiger partial charge in [0.1, 0.15) is 0 Å². The maximum absolute atomic E-state index is 12.9. The van der Waals surface area contributed by atoms with Crippen LogP contribution in [0, 0.1) is 0 Å². The molecule has 23 heavy (non-hydrogen) atoms. The lowest BCUT2D eigenvalue weighted by Gasteiger charge is -2.23. The minimum Gasteiger partial charge on any atom is -0.301 e. The van der Waals surface area contributed by atoms with Crippen LogP contribution in [0.5, 0.6) is 0 Å². The molecule has 2 aromatic carbocycles. The molecule has 0 heterocycles. The van der Waals surface area contributed by atoms with Gasteiger partial charge in [0.25, 0.3) is 0 Å². The summed E-state index contributed by atoms with van der Waals surface area (Å²) >= 11 is 1.30. The van der Waals surface area contributed by atoms with Crippen LogP contribution in [0.1, 0.15) is 30.2 Å². The molecule has 0 amide bonds. The third-order valence-electron chi connectivity index (χ3n) is 3.27. The van der Waals surface area contributed by atoms with Crippen molar-refractivity contribution in [2.75, 3.05) is 13.2 Å². The maximum atomic E-state index is 12.9. The smallest absolute Gasteiger partial charge is 0.301 e. The van der Waals surface area contributed by atoms with Crippen LogP contribution in [0.3, 0.4) is 0 Å². The van der Waals surface area contributed by atoms with Gasteiger partial charge in [0.2, 0.25) is 0 Å². The van der Waals surface area contributed by atoms with E-state index in [0.29, 0.717) is 13.2 Å². The van der Waals surface area contributed by atoms with Crippen molar-refractivity contribution in [3.63, 3.8) is 0 Å². The van der Waals surface area contributed by atoms with Crippen LogP contribution in [0.4, 0.5) is 0 Å². The molecule has 0 fully saturated rings. The topological polar surface area (TPSA) is 35.5 Å². The quantitative estimate of drug-likeness (QED) is 0.529. The summed E-state index contributed by atoms with van der Waals surface area (Å²) in [5.41, 5.74) is 2.33. The first-order valence-corrected chi connectivity index (χ1v) is 10.9. The fourth-order valence-corrected chi connectivity index (χ4v) is 6.49. The second-order valence-electron chi connectivity index (χ2n) is 4.98. The van der Waals surface area contributed by atoms with Crippen LogP contribution in [0.15, 0.2) is 60.7 Å². The molecule has 0 radical (unpaired) electrons. The normalized spacial score (nSPS) is 13.0. The Bertz CT molecular complexity index is 609. The van der Waals surface area contributed by atoms with E-state index in [1.807, 2.05) is 50.2 Å². The van der Waals surface area contributed by atoms with E-state index in [1.165, 1.54) is 16.9 Å². The Morgan fingerprint density at radius 2 is 1.43 bits per heavy atom. The van der Waals surface area contributed by atoms with Gasteiger partial charge in [0.05, 0.1) is 13.2 Å². The molecule has 3 nitrogen and oxygen atoms in total. The Morgan fingerprint density at radius 3 is 1.96 bits per heavy atom. The Morgan fingerprint density at radius 1 is 0.913 bits per heavy atom. The molecule has 5 heteroatoms. The van der Waals surface area contributed by atoms with Crippen molar-refractivity contribution in [2.24, 2.45) is 0 Å². The van der Waals surface area contributed by atoms with Gasteiger partial charge in [0.15, 0.2) is 0 Å². The first-order chi connectivity index (χ1) is 11.2. The van der Waals surface area contributed by atoms with Gasteiger partial charge in [-0.1, -0.05) is 60.7 Å². The van der Waals surface area contributed by atoms with E-state index in [1.54, 1.807) is 0 Å². The summed E-state index contributed by atoms with van der Waals surface area (Å²) < 4.78 is 23.8. The lowest BCUT2D eigenvalue weighted by molar-refractivity contribution is 0.236. The van der Waals surface area contributed by atoms with E-state index in [0.717, 1.165) is 12.0 Å². The van der Waals surface area contributed by atoms with Crippen LogP contribution in [0.25, 0.3) is 0 Å². The molecule has 1 atom stereocenters. The Hall–Kier alpha value is -1.06. The summed E-state index contributed by atoms with van der Waals surface area (Å²) in [6.45, 7) is 1.25. The molecule has 0 bridgehead atoms. The van der Waals surface area contributed by atoms with Gasteiger partial charge in [-0.25, -0.2) is 4.57 Å². The number of rotatable bonds is 9. The van der Waals surface area contributed by atoms with Crippen molar-refractivity contribution in [3.8, 4) is 0 Å². The Balaban J connectivity index is 2.24. The summed E-state index contributed by atoms with van der Waals surface area (Å²) in [5.74, 6) is 0. The zero-order valence-corrected chi connectivity index (χ0v) is 15.3. The minimum atomic E-state index is -3.16. The third kappa shape index (κ3) is 5.82. The van der Waals surface area contributed by atoms with Crippen molar-refractivity contribution in [3.05, 3.63) is 71.8 Å². The molecule has 0 aromatic heterocycles. The second kappa shape index (κ2) is 9.29. The first kappa shape index (κ1) is 18.3. The van der Waals surface area contributed by atoms with Crippen molar-refractivity contribution in [1.29, 1.82) is 0 Å². The third-order valence-corrected chi connectivity index (χ3v) is 7.54. The van der Waals surface area contributed by atoms with Crippen LogP contribution in [-0.4, -0.2) is 13.2 Å². The molecule has 0 aliphatic rings. The average Bonchev–Trinajstić information content (AvgIpc) is 2.56. The lowest BCUT2D eigenvalue weighted by atomic mass is 10.0. The van der Waals surface area contributed by atoms with E-state index in [4.69, 9.17) is 9.05 Å². The number of benzene rings is 2. The van der Waals surface area contributed by atoms with Crippen LogP contribution in [-0.2, 0) is 20.0 Å². The average molecular weight is 350 g/mol. The van der Waals surface area contributed by atoms with Crippen molar-refractivity contribution >= 4 is 18.2 Å². The fourth-order valence-electron chi connectivity index (χ4n) is 2.28. The van der Waals surface area contributed by atoms with Gasteiger partial charge in [-0.2, -0.15) is 0 Å². The van der Waals surface area contributed by atoms with Gasteiger partial charge >= 0.3 is 6.80 Å². The highest BCUT2D eigenvalue weighted by Crippen LogP contribution is 2.65. The highest BCUT2D eigenvalue weighted by Gasteiger charge is 2.30. The standard InChI is InChI=1S/C18H23O3PS/c1-3-20-22(19,21-4-2)23-18(17-13-9-6-10-14-17)15-16-11-7-5-8-12-16/h5-14,18H,3-4,15H2,1-2H3. The first-order valence-electron chi connectivity index (χ1n) is 7.83. The molecule has 124 valence electrons. The Kier molecular flexibility index (Phi) is 7.38. The zero-order valence-electron chi connectivity index (χ0n) is 13.6. The van der Waals surface area contributed by atoms with Gasteiger partial charge < -0.3 is 9.05 Å². The van der Waals surface area contributed by atoms with Crippen molar-refractivity contribution in [2.45, 2.75) is 25.5 Å². The molecule has 0 N–H and O–H groups in total. The Labute approximate surface area is 142 Å². The maximum Gasteiger partial charge on any atom is 0.389 e. The summed E-state index contributed by atoms with van der Waals surface area (Å²) in [4.78, 5) is 0. The SMILES string of the molecule is CCOP(=O)(OCC)SC(Cc1ccccc1)c1ccccc1. The predicted molar refractivity (Wildman–Crippen MR) is 97.8 cm³/mol. The van der Waals surface area contributed by atoms with Gasteiger partial charge in [-0.3, -0.25) is 0 Å². The number of hydrogen-bond acceptors (Lipinski definition) is 4. The lowest BCUT2D eigenvalue weighted by Crippen LogP contribution is -2.02. The monoisotopic (exact) mass is 350 g/mol. The highest BCUT2D eigenvalue weighted by molar-refractivity contribution is 8.55. The fraction of sp³-hybridized carbons (Fsp3) is 0.333. The summed E-state index contributed by atoms with van der Waals surface area (Å²) in [7, 11) is 0. The van der Waals surface area contributed by atoms with Gasteiger partial charge in [-0.15, -0.1) is 0 Å². The van der Waals surface area contributed by atoms with Crippen LogP contribution >= 0.6 is 18.2 Å². The molecular formula is C18H23O3PS. The van der Waals surface area contributed by atoms with Gasteiger partial charge in [-0.05, 0) is 42.8 Å². The molecular weight excluding hydrogens is 327 g/mol. The molecule has 0 aliphatic carbocycles. The van der Waals surface area contributed by atoms with E-state index in [2.05, 4.69) is 24.3 Å². The molecule has 0 aliphatic heterocycles. The molecule has 0 saturated heterocycles. The summed E-state index contributed by atoms with van der Waals surface area (Å²) in [6.07, 6.45) is 0.777. The molecule has 0 saturated carbocycles. The molecule has 2 rings (SSSR count). The van der Waals surface area contributed by atoms with Crippen molar-refractivity contribution < 1.29 is 13.6 Å². The predicted octanol–water partition coefficient (Wildman–Crippen LogP) is 5.88. The van der Waals surface area contributed by atoms with E-state index < -0.39 is 6.80 Å². The molecule has 0 spiro atoms. The molecule has 2 aromatic rings. The summed E-state index contributed by atoms with van der Waals surface area (Å²) in [6, 6.07) is 20.3.